The third-order valence-corrected chi connectivity index (χ3v) is 2.84. The molecule has 0 bridgehead atoms. The Hall–Kier alpha value is -1.06. The molecule has 1 aliphatic heterocycles. The third kappa shape index (κ3) is 2.30. The van der Waals surface area contributed by atoms with Gasteiger partial charge in [0.2, 0.25) is 0 Å². The molecule has 1 atom stereocenters. The van der Waals surface area contributed by atoms with Crippen molar-refractivity contribution in [2.45, 2.75) is 5.92 Å². The quantitative estimate of drug-likeness (QED) is 0.800. The number of benzene rings is 1. The van der Waals surface area contributed by atoms with Gasteiger partial charge in [-0.2, -0.15) is 0 Å². The van der Waals surface area contributed by atoms with Crippen molar-refractivity contribution in [3.63, 3.8) is 0 Å². The summed E-state index contributed by atoms with van der Waals surface area (Å²) in [7, 11) is 2.10. The van der Waals surface area contributed by atoms with E-state index >= 15 is 0 Å². The van der Waals surface area contributed by atoms with Gasteiger partial charge in [0.25, 0.3) is 0 Å². The van der Waals surface area contributed by atoms with Crippen LogP contribution in [0.3, 0.4) is 0 Å². The minimum Gasteiger partial charge on any atom is -0.493 e. The first kappa shape index (κ1) is 10.5. The van der Waals surface area contributed by atoms with Crippen molar-refractivity contribution in [2.24, 2.45) is 5.73 Å². The lowest BCUT2D eigenvalue weighted by molar-refractivity contribution is 0.270. The highest BCUT2D eigenvalue weighted by molar-refractivity contribution is 5.39. The van der Waals surface area contributed by atoms with Gasteiger partial charge < -0.3 is 15.4 Å². The maximum absolute atomic E-state index is 5.63. The lowest BCUT2D eigenvalue weighted by Crippen LogP contribution is -2.30. The molecule has 1 aliphatic rings. The number of likely N-dealkylation sites (N-methyl/N-ethyl adjacent to an activating group) is 1. The van der Waals surface area contributed by atoms with E-state index < -0.39 is 0 Å². The number of ether oxygens (including phenoxy) is 1. The summed E-state index contributed by atoms with van der Waals surface area (Å²) in [5, 5.41) is 0. The van der Waals surface area contributed by atoms with Gasteiger partial charge in [-0.1, -0.05) is 18.2 Å². The molecule has 82 valence electrons. The molecule has 2 N–H and O–H groups in total. The van der Waals surface area contributed by atoms with Crippen LogP contribution < -0.4 is 10.5 Å². The zero-order valence-corrected chi connectivity index (χ0v) is 9.15. The van der Waals surface area contributed by atoms with Gasteiger partial charge in [0.15, 0.2) is 0 Å². The van der Waals surface area contributed by atoms with Gasteiger partial charge in [-0.15, -0.1) is 0 Å². The standard InChI is InChI=1S/C12H18N2O/c1-14(7-6-13)8-10-9-15-12-5-3-2-4-11(10)12/h2-5,10H,6-9,13H2,1H3. The van der Waals surface area contributed by atoms with Gasteiger partial charge in [0.05, 0.1) is 6.61 Å². The SMILES string of the molecule is CN(CCN)CC1COc2ccccc21. The highest BCUT2D eigenvalue weighted by Crippen LogP contribution is 2.33. The fraction of sp³-hybridized carbons (Fsp3) is 0.500. The molecule has 0 aliphatic carbocycles. The molecule has 0 saturated carbocycles. The van der Waals surface area contributed by atoms with E-state index in [-0.39, 0.29) is 0 Å². The Morgan fingerprint density at radius 3 is 3.07 bits per heavy atom. The van der Waals surface area contributed by atoms with Crippen LogP contribution in [0.5, 0.6) is 5.75 Å². The van der Waals surface area contributed by atoms with Crippen LogP contribution >= 0.6 is 0 Å². The molecule has 0 spiro atoms. The first-order valence-corrected chi connectivity index (χ1v) is 5.41. The molecule has 2 rings (SSSR count). The molecule has 0 amide bonds. The molecule has 1 heterocycles. The zero-order chi connectivity index (χ0) is 10.7. The van der Waals surface area contributed by atoms with E-state index in [9.17, 15) is 0 Å². The van der Waals surface area contributed by atoms with E-state index in [1.54, 1.807) is 0 Å². The van der Waals surface area contributed by atoms with Gasteiger partial charge in [0.1, 0.15) is 5.75 Å². The van der Waals surface area contributed by atoms with E-state index in [1.807, 2.05) is 12.1 Å². The predicted molar refractivity (Wildman–Crippen MR) is 61.2 cm³/mol. The van der Waals surface area contributed by atoms with Gasteiger partial charge in [-0.05, 0) is 13.1 Å². The first-order valence-electron chi connectivity index (χ1n) is 5.41. The number of nitrogens with zero attached hydrogens (tertiary/aromatic N) is 1. The molecular formula is C12H18N2O. The van der Waals surface area contributed by atoms with Crippen LogP contribution in [0, 0.1) is 0 Å². The maximum Gasteiger partial charge on any atom is 0.122 e. The van der Waals surface area contributed by atoms with Crippen molar-refractivity contribution in [3.8, 4) is 5.75 Å². The van der Waals surface area contributed by atoms with Crippen LogP contribution in [-0.4, -0.2) is 38.2 Å². The molecule has 15 heavy (non-hydrogen) atoms. The van der Waals surface area contributed by atoms with Gasteiger partial charge in [-0.3, -0.25) is 0 Å². The topological polar surface area (TPSA) is 38.5 Å². The van der Waals surface area contributed by atoms with Crippen LogP contribution in [0.25, 0.3) is 0 Å². The second kappa shape index (κ2) is 4.64. The molecule has 3 heteroatoms. The monoisotopic (exact) mass is 206 g/mol. The van der Waals surface area contributed by atoms with Crippen LogP contribution in [0.1, 0.15) is 11.5 Å². The van der Waals surface area contributed by atoms with Crippen molar-refractivity contribution in [1.82, 2.24) is 4.90 Å². The summed E-state index contributed by atoms with van der Waals surface area (Å²) < 4.78 is 5.63. The summed E-state index contributed by atoms with van der Waals surface area (Å²) in [6, 6.07) is 8.29. The number of fused-ring (bicyclic) bond motifs is 1. The Kier molecular flexibility index (Phi) is 3.23. The lowest BCUT2D eigenvalue weighted by atomic mass is 10.0. The number of hydrogen-bond acceptors (Lipinski definition) is 3. The molecule has 1 aromatic carbocycles. The van der Waals surface area contributed by atoms with Gasteiger partial charge >= 0.3 is 0 Å². The Morgan fingerprint density at radius 2 is 2.27 bits per heavy atom. The summed E-state index contributed by atoms with van der Waals surface area (Å²) >= 11 is 0. The van der Waals surface area contributed by atoms with Crippen molar-refractivity contribution in [3.05, 3.63) is 29.8 Å². The van der Waals surface area contributed by atoms with E-state index in [1.165, 1.54) is 5.56 Å². The Balaban J connectivity index is 2.01. The largest absolute Gasteiger partial charge is 0.493 e. The van der Waals surface area contributed by atoms with Crippen molar-refractivity contribution >= 4 is 0 Å². The summed E-state index contributed by atoms with van der Waals surface area (Å²) in [6.07, 6.45) is 0. The summed E-state index contributed by atoms with van der Waals surface area (Å²) in [6.45, 7) is 3.48. The fourth-order valence-electron chi connectivity index (χ4n) is 2.07. The predicted octanol–water partition coefficient (Wildman–Crippen LogP) is 1.05. The highest BCUT2D eigenvalue weighted by Gasteiger charge is 2.24. The third-order valence-electron chi connectivity index (χ3n) is 2.84. The number of para-hydroxylation sites is 1. The zero-order valence-electron chi connectivity index (χ0n) is 9.15. The number of hydrogen-bond donors (Lipinski definition) is 1. The van der Waals surface area contributed by atoms with Gasteiger partial charge in [0, 0.05) is 31.1 Å². The van der Waals surface area contributed by atoms with Crippen LogP contribution in [0.15, 0.2) is 24.3 Å². The van der Waals surface area contributed by atoms with E-state index in [4.69, 9.17) is 10.5 Å². The number of nitrogens with two attached hydrogens (primary N) is 1. The maximum atomic E-state index is 5.63. The number of rotatable bonds is 4. The summed E-state index contributed by atoms with van der Waals surface area (Å²) in [5.74, 6) is 1.54. The van der Waals surface area contributed by atoms with E-state index in [0.717, 1.165) is 25.4 Å². The second-order valence-electron chi connectivity index (χ2n) is 4.10. The molecule has 0 saturated heterocycles. The van der Waals surface area contributed by atoms with Crippen molar-refractivity contribution in [2.75, 3.05) is 33.3 Å². The normalized spacial score (nSPS) is 19.0. The van der Waals surface area contributed by atoms with Crippen molar-refractivity contribution in [1.29, 1.82) is 0 Å². The summed E-state index contributed by atoms with van der Waals surface area (Å²) in [4.78, 5) is 2.26. The van der Waals surface area contributed by atoms with Crippen molar-refractivity contribution < 1.29 is 4.74 Å². The molecule has 3 nitrogen and oxygen atoms in total. The molecule has 1 aromatic rings. The average molecular weight is 206 g/mol. The molecule has 1 unspecified atom stereocenters. The molecule has 0 aromatic heterocycles. The Labute approximate surface area is 90.8 Å². The van der Waals surface area contributed by atoms with Crippen LogP contribution in [0.2, 0.25) is 0 Å². The molecule has 0 fully saturated rings. The second-order valence-corrected chi connectivity index (χ2v) is 4.10. The van der Waals surface area contributed by atoms with Crippen LogP contribution in [-0.2, 0) is 0 Å². The van der Waals surface area contributed by atoms with E-state index in [0.29, 0.717) is 12.5 Å². The Bertz CT molecular complexity index is 327. The summed E-state index contributed by atoms with van der Waals surface area (Å²) in [5.41, 5.74) is 6.86. The molecular weight excluding hydrogens is 188 g/mol. The minimum atomic E-state index is 0.498. The van der Waals surface area contributed by atoms with Crippen LogP contribution in [0.4, 0.5) is 0 Å². The Morgan fingerprint density at radius 1 is 1.47 bits per heavy atom. The van der Waals surface area contributed by atoms with E-state index in [2.05, 4.69) is 24.1 Å². The minimum absolute atomic E-state index is 0.498. The highest BCUT2D eigenvalue weighted by atomic mass is 16.5. The fourth-order valence-corrected chi connectivity index (χ4v) is 2.07. The van der Waals surface area contributed by atoms with Gasteiger partial charge in [-0.25, -0.2) is 0 Å². The average Bonchev–Trinajstić information content (AvgIpc) is 2.62. The lowest BCUT2D eigenvalue weighted by Gasteiger charge is -2.19. The smallest absolute Gasteiger partial charge is 0.122 e. The molecule has 0 radical (unpaired) electrons. The first-order chi connectivity index (χ1) is 7.31.